The largest absolute Gasteiger partial charge is 0.489 e. The molecule has 0 saturated heterocycles. The summed E-state index contributed by atoms with van der Waals surface area (Å²) in [6.45, 7) is 4.20. The number of hydrogen-bond acceptors (Lipinski definition) is 6. The minimum Gasteiger partial charge on any atom is -0.489 e. The third-order valence-electron chi connectivity index (χ3n) is 7.27. The van der Waals surface area contributed by atoms with Crippen molar-refractivity contribution in [1.29, 1.82) is 0 Å². The molecule has 1 aromatic heterocycles. The van der Waals surface area contributed by atoms with Crippen LogP contribution in [0.2, 0.25) is 10.0 Å². The summed E-state index contributed by atoms with van der Waals surface area (Å²) in [4.78, 5) is 18.3. The van der Waals surface area contributed by atoms with E-state index in [1.807, 2.05) is 48.5 Å². The Morgan fingerprint density at radius 1 is 1.05 bits per heavy atom. The molecule has 0 spiro atoms. The van der Waals surface area contributed by atoms with Gasteiger partial charge < -0.3 is 10.1 Å². The Kier molecular flexibility index (Phi) is 7.57. The van der Waals surface area contributed by atoms with Crippen LogP contribution in [0.1, 0.15) is 49.4 Å². The van der Waals surface area contributed by atoms with Gasteiger partial charge in [0.1, 0.15) is 24.2 Å². The molecule has 210 valence electrons. The number of benzene rings is 3. The molecule has 0 saturated carbocycles. The second-order valence-electron chi connectivity index (χ2n) is 11.0. The number of nitrogens with one attached hydrogen (secondary N) is 1. The molecule has 10 heteroatoms. The summed E-state index contributed by atoms with van der Waals surface area (Å²) in [5.41, 5.74) is 3.60. The molecule has 1 aliphatic heterocycles. The summed E-state index contributed by atoms with van der Waals surface area (Å²) < 4.78 is 21.8. The number of nitrogens with zero attached hydrogens (tertiary/aromatic N) is 3. The van der Waals surface area contributed by atoms with Gasteiger partial charge in [0.15, 0.2) is 5.78 Å². The Morgan fingerprint density at radius 2 is 1.80 bits per heavy atom. The first-order valence-corrected chi connectivity index (χ1v) is 14.9. The van der Waals surface area contributed by atoms with Crippen molar-refractivity contribution in [2.24, 2.45) is 5.41 Å². The number of aromatic nitrogens is 3. The number of carbonyl (C=O) groups excluding carboxylic acids is 1. The van der Waals surface area contributed by atoms with Crippen LogP contribution in [0, 0.1) is 11.2 Å². The van der Waals surface area contributed by atoms with Crippen LogP contribution >= 0.6 is 35.0 Å². The van der Waals surface area contributed by atoms with Crippen molar-refractivity contribution in [3.05, 3.63) is 111 Å². The fourth-order valence-corrected chi connectivity index (χ4v) is 6.62. The van der Waals surface area contributed by atoms with E-state index in [0.29, 0.717) is 50.2 Å². The number of ketones is 1. The first-order valence-electron chi connectivity index (χ1n) is 13.2. The minimum absolute atomic E-state index is 0.000307. The first-order chi connectivity index (χ1) is 19.7. The predicted octanol–water partition coefficient (Wildman–Crippen LogP) is 8.25. The molecule has 0 fully saturated rings. The van der Waals surface area contributed by atoms with Crippen LogP contribution in [0.4, 0.5) is 10.3 Å². The molecular weight excluding hydrogens is 582 g/mol. The van der Waals surface area contributed by atoms with Gasteiger partial charge in [-0.2, -0.15) is 4.98 Å². The van der Waals surface area contributed by atoms with Gasteiger partial charge in [0.25, 0.3) is 0 Å². The maximum atomic E-state index is 14.2. The van der Waals surface area contributed by atoms with Gasteiger partial charge in [-0.3, -0.25) is 4.79 Å². The number of allylic oxidation sites excluding steroid dienone is 2. The van der Waals surface area contributed by atoms with E-state index < -0.39 is 11.9 Å². The van der Waals surface area contributed by atoms with E-state index >= 15 is 0 Å². The number of carbonyl (C=O) groups is 1. The number of Topliss-reactive ketones (excluding diaryl/α,β-unsaturated/α-hetero) is 1. The minimum atomic E-state index is -0.443. The fourth-order valence-electron chi connectivity index (χ4n) is 5.29. The lowest BCUT2D eigenvalue weighted by Crippen LogP contribution is -2.36. The molecule has 6 nitrogen and oxygen atoms in total. The Bertz CT molecular complexity index is 1650. The third kappa shape index (κ3) is 5.73. The molecule has 1 unspecified atom stereocenters. The van der Waals surface area contributed by atoms with Gasteiger partial charge in [0, 0.05) is 34.0 Å². The zero-order chi connectivity index (χ0) is 28.7. The van der Waals surface area contributed by atoms with Gasteiger partial charge in [-0.1, -0.05) is 85.2 Å². The van der Waals surface area contributed by atoms with Crippen molar-refractivity contribution in [3.8, 4) is 5.75 Å². The lowest BCUT2D eigenvalue weighted by Gasteiger charge is -2.38. The number of halogens is 3. The van der Waals surface area contributed by atoms with Crippen LogP contribution in [0.15, 0.2) is 83.2 Å². The van der Waals surface area contributed by atoms with Crippen molar-refractivity contribution in [2.45, 2.75) is 50.2 Å². The van der Waals surface area contributed by atoms with Crippen molar-refractivity contribution >= 4 is 46.7 Å². The molecule has 3 aromatic carbocycles. The highest BCUT2D eigenvalue weighted by atomic mass is 35.5. The molecule has 6 rings (SSSR count). The molecule has 1 aliphatic carbocycles. The molecule has 1 N–H and O–H groups in total. The summed E-state index contributed by atoms with van der Waals surface area (Å²) in [6, 6.07) is 19.3. The van der Waals surface area contributed by atoms with Crippen LogP contribution < -0.4 is 10.1 Å². The number of thioether (sulfide) groups is 1. The van der Waals surface area contributed by atoms with E-state index in [0.717, 1.165) is 23.2 Å². The molecular formula is C31H27Cl2FN4O2S. The number of rotatable bonds is 7. The Labute approximate surface area is 251 Å². The van der Waals surface area contributed by atoms with Crippen molar-refractivity contribution < 1.29 is 13.9 Å². The average Bonchev–Trinajstić information content (AvgIpc) is 3.33. The zero-order valence-corrected chi connectivity index (χ0v) is 24.8. The van der Waals surface area contributed by atoms with Crippen LogP contribution in [-0.2, 0) is 17.2 Å². The number of fused-ring (bicyclic) bond motifs is 1. The molecule has 0 bridgehead atoms. The lowest BCUT2D eigenvalue weighted by molar-refractivity contribution is -0.118. The molecule has 4 aromatic rings. The topological polar surface area (TPSA) is 69.0 Å². The molecule has 0 amide bonds. The number of hydrogen-bond donors (Lipinski definition) is 1. The maximum absolute atomic E-state index is 14.2. The monoisotopic (exact) mass is 608 g/mol. The van der Waals surface area contributed by atoms with E-state index in [1.54, 1.807) is 16.8 Å². The Morgan fingerprint density at radius 3 is 2.56 bits per heavy atom. The van der Waals surface area contributed by atoms with Crippen LogP contribution in [0.5, 0.6) is 5.75 Å². The van der Waals surface area contributed by atoms with Gasteiger partial charge in [-0.05, 0) is 53.3 Å². The summed E-state index contributed by atoms with van der Waals surface area (Å²) >= 11 is 14.0. The SMILES string of the molecule is CC1(C)CC(=O)C2=C(C1)Nc1nc(SCc3ccccc3Cl)nn1C2c1ccc(OCc2c(F)cccc2Cl)cc1. The van der Waals surface area contributed by atoms with Crippen molar-refractivity contribution in [1.82, 2.24) is 14.8 Å². The van der Waals surface area contributed by atoms with Gasteiger partial charge >= 0.3 is 0 Å². The molecule has 1 atom stereocenters. The first kappa shape index (κ1) is 27.8. The van der Waals surface area contributed by atoms with Crippen molar-refractivity contribution in [2.75, 3.05) is 5.32 Å². The van der Waals surface area contributed by atoms with E-state index in [4.69, 9.17) is 38.0 Å². The average molecular weight is 610 g/mol. The van der Waals surface area contributed by atoms with Crippen LogP contribution in [0.3, 0.4) is 0 Å². The summed E-state index contributed by atoms with van der Waals surface area (Å²) in [6.07, 6.45) is 1.18. The predicted molar refractivity (Wildman–Crippen MR) is 160 cm³/mol. The fraction of sp³-hybridized carbons (Fsp3) is 0.258. The quantitative estimate of drug-likeness (QED) is 0.213. The molecule has 2 heterocycles. The van der Waals surface area contributed by atoms with Gasteiger partial charge in [-0.25, -0.2) is 9.07 Å². The lowest BCUT2D eigenvalue weighted by atomic mass is 9.73. The van der Waals surface area contributed by atoms with Crippen LogP contribution in [-0.4, -0.2) is 20.5 Å². The standard InChI is InChI=1S/C31H27Cl2FN4O2S/c1-31(2)14-25-27(26(39)15-31)28(18-10-12-20(13-11-18)40-16-21-23(33)8-5-9-24(21)34)38-29(35-25)36-30(37-38)41-17-19-6-3-4-7-22(19)32/h3-13,28H,14-17H2,1-2H3,(H,35,36,37). The highest BCUT2D eigenvalue weighted by molar-refractivity contribution is 7.98. The third-order valence-corrected chi connectivity index (χ3v) is 8.88. The normalized spacial score (nSPS) is 17.6. The van der Waals surface area contributed by atoms with Gasteiger partial charge in [0.2, 0.25) is 11.1 Å². The summed E-state index contributed by atoms with van der Waals surface area (Å²) in [7, 11) is 0. The van der Waals surface area contributed by atoms with E-state index in [1.165, 1.54) is 17.8 Å². The highest BCUT2D eigenvalue weighted by Crippen LogP contribution is 2.46. The highest BCUT2D eigenvalue weighted by Gasteiger charge is 2.41. The number of ether oxygens (including phenoxy) is 1. The maximum Gasteiger partial charge on any atom is 0.227 e. The Hall–Kier alpha value is -3.33. The second-order valence-corrected chi connectivity index (χ2v) is 12.7. The summed E-state index contributed by atoms with van der Waals surface area (Å²) in [5.74, 6) is 1.45. The zero-order valence-electron chi connectivity index (χ0n) is 22.5. The summed E-state index contributed by atoms with van der Waals surface area (Å²) in [5, 5.41) is 9.84. The smallest absolute Gasteiger partial charge is 0.227 e. The molecule has 0 radical (unpaired) electrons. The number of anilines is 1. The van der Waals surface area contributed by atoms with Gasteiger partial charge in [0.05, 0.1) is 5.02 Å². The molecule has 2 aliphatic rings. The van der Waals surface area contributed by atoms with Gasteiger partial charge in [-0.15, -0.1) is 5.10 Å². The van der Waals surface area contributed by atoms with E-state index in [2.05, 4.69) is 19.2 Å². The van der Waals surface area contributed by atoms with E-state index in [-0.39, 0.29) is 17.8 Å². The van der Waals surface area contributed by atoms with E-state index in [9.17, 15) is 9.18 Å². The van der Waals surface area contributed by atoms with Crippen molar-refractivity contribution in [3.63, 3.8) is 0 Å². The second kappa shape index (κ2) is 11.2. The Balaban J connectivity index is 1.30. The van der Waals surface area contributed by atoms with Crippen LogP contribution in [0.25, 0.3) is 0 Å². The molecule has 41 heavy (non-hydrogen) atoms.